The SMILES string of the molecule is CC(C)(C)c1ccc(N2c3ccc(C(C)(C)C)cc3B3c4ccc(N(c5ccccc5)c5ccccc5)cc4N(c4ccc5c(c4)-c4ccccc4C5(C)C)c4cccc2c43)cc1. The molecule has 0 bridgehead atoms. The molecular formula is C59H54BN3. The van der Waals surface area contributed by atoms with Crippen LogP contribution >= 0.6 is 0 Å². The predicted molar refractivity (Wildman–Crippen MR) is 270 cm³/mol. The van der Waals surface area contributed by atoms with E-state index < -0.39 is 0 Å². The van der Waals surface area contributed by atoms with Gasteiger partial charge in [-0.3, -0.25) is 0 Å². The van der Waals surface area contributed by atoms with E-state index in [1.807, 2.05) is 0 Å². The Morgan fingerprint density at radius 3 is 1.63 bits per heavy atom. The summed E-state index contributed by atoms with van der Waals surface area (Å²) in [5.74, 6) is 0. The van der Waals surface area contributed by atoms with Gasteiger partial charge in [0.05, 0.1) is 0 Å². The molecule has 0 saturated heterocycles. The van der Waals surface area contributed by atoms with Gasteiger partial charge in [0.1, 0.15) is 0 Å². The smallest absolute Gasteiger partial charge is 0.252 e. The summed E-state index contributed by atoms with van der Waals surface area (Å²) < 4.78 is 0. The van der Waals surface area contributed by atoms with E-state index in [4.69, 9.17) is 0 Å². The zero-order valence-electron chi connectivity index (χ0n) is 37.7. The van der Waals surface area contributed by atoms with E-state index in [1.165, 1.54) is 78.2 Å². The molecule has 0 fully saturated rings. The fraction of sp³-hybridized carbons (Fsp3) is 0.186. The summed E-state index contributed by atoms with van der Waals surface area (Å²) in [7, 11) is 0. The van der Waals surface area contributed by atoms with E-state index in [2.05, 4.69) is 252 Å². The van der Waals surface area contributed by atoms with Crippen molar-refractivity contribution in [3.63, 3.8) is 0 Å². The number of fused-ring (bicyclic) bond motifs is 7. The maximum Gasteiger partial charge on any atom is 0.252 e. The summed E-state index contributed by atoms with van der Waals surface area (Å²) in [6.07, 6.45) is 0. The molecule has 2 heterocycles. The third-order valence-electron chi connectivity index (χ3n) is 13.9. The van der Waals surface area contributed by atoms with Crippen LogP contribution in [-0.2, 0) is 16.2 Å². The van der Waals surface area contributed by atoms with Crippen molar-refractivity contribution < 1.29 is 0 Å². The minimum absolute atomic E-state index is 0.00915. The monoisotopic (exact) mass is 815 g/mol. The van der Waals surface area contributed by atoms with Gasteiger partial charge >= 0.3 is 0 Å². The number of hydrogen-bond donors (Lipinski definition) is 0. The van der Waals surface area contributed by atoms with Gasteiger partial charge in [0.15, 0.2) is 0 Å². The van der Waals surface area contributed by atoms with Crippen molar-refractivity contribution in [3.05, 3.63) is 204 Å². The molecule has 8 aromatic rings. The van der Waals surface area contributed by atoms with Gasteiger partial charge < -0.3 is 14.7 Å². The van der Waals surface area contributed by atoms with Gasteiger partial charge in [0.2, 0.25) is 0 Å². The lowest BCUT2D eigenvalue weighted by molar-refractivity contribution is 0.590. The first kappa shape index (κ1) is 39.1. The van der Waals surface area contributed by atoms with Crippen LogP contribution < -0.4 is 31.1 Å². The Bertz CT molecular complexity index is 3020. The molecule has 4 heteroatoms. The summed E-state index contributed by atoms with van der Waals surface area (Å²) in [6, 6.07) is 68.5. The Kier molecular flexibility index (Phi) is 8.77. The molecule has 0 unspecified atom stereocenters. The predicted octanol–water partition coefficient (Wildman–Crippen LogP) is 14.1. The summed E-state index contributed by atoms with van der Waals surface area (Å²) in [6.45, 7) is 18.6. The minimum Gasteiger partial charge on any atom is -0.311 e. The molecule has 0 aromatic heterocycles. The summed E-state index contributed by atoms with van der Waals surface area (Å²) >= 11 is 0. The number of benzene rings is 8. The molecule has 0 radical (unpaired) electrons. The van der Waals surface area contributed by atoms with Gasteiger partial charge in [0, 0.05) is 56.6 Å². The van der Waals surface area contributed by atoms with Crippen molar-refractivity contribution in [1.82, 2.24) is 0 Å². The number of para-hydroxylation sites is 2. The van der Waals surface area contributed by atoms with Gasteiger partial charge in [-0.05, 0) is 139 Å². The van der Waals surface area contributed by atoms with Crippen LogP contribution in [0, 0.1) is 0 Å². The Hall–Kier alpha value is -6.78. The molecule has 63 heavy (non-hydrogen) atoms. The topological polar surface area (TPSA) is 9.72 Å². The standard InChI is InChI=1S/C59H54BN3/c1-57(2,3)39-26-29-43(30-27-39)62-52-35-28-40(58(4,5)6)36-51(52)60-50-34-32-45(61(41-18-11-9-12-19-41)42-20-13-10-14-21-42)38-55(50)63(54-25-17-24-53(62)56(54)60)44-31-33-49-47(37-44)46-22-15-16-23-48(46)59(49,7)8/h9-38H,1-8H3. The van der Waals surface area contributed by atoms with E-state index >= 15 is 0 Å². The third-order valence-corrected chi connectivity index (χ3v) is 13.9. The van der Waals surface area contributed by atoms with Crippen molar-refractivity contribution in [2.45, 2.75) is 71.6 Å². The number of rotatable bonds is 5. The molecule has 1 aliphatic carbocycles. The van der Waals surface area contributed by atoms with Crippen LogP contribution in [0.5, 0.6) is 0 Å². The maximum absolute atomic E-state index is 2.57. The molecule has 0 saturated carbocycles. The molecule has 8 aromatic carbocycles. The van der Waals surface area contributed by atoms with Gasteiger partial charge in [-0.15, -0.1) is 0 Å². The van der Waals surface area contributed by atoms with Gasteiger partial charge in [0.25, 0.3) is 6.71 Å². The van der Waals surface area contributed by atoms with Crippen LogP contribution in [0.1, 0.15) is 77.6 Å². The van der Waals surface area contributed by atoms with Crippen molar-refractivity contribution in [1.29, 1.82) is 0 Å². The van der Waals surface area contributed by atoms with Gasteiger partial charge in [-0.1, -0.05) is 159 Å². The first-order valence-electron chi connectivity index (χ1n) is 22.6. The van der Waals surface area contributed by atoms with E-state index in [9.17, 15) is 0 Å². The van der Waals surface area contributed by atoms with Crippen molar-refractivity contribution >= 4 is 74.3 Å². The summed E-state index contributed by atoms with van der Waals surface area (Å²) in [5, 5.41) is 0. The second-order valence-electron chi connectivity index (χ2n) is 20.3. The first-order chi connectivity index (χ1) is 30.3. The van der Waals surface area contributed by atoms with Crippen LogP contribution in [0.3, 0.4) is 0 Å². The lowest BCUT2D eigenvalue weighted by Crippen LogP contribution is -2.61. The van der Waals surface area contributed by atoms with Gasteiger partial charge in [-0.2, -0.15) is 0 Å². The maximum atomic E-state index is 2.57. The highest BCUT2D eigenvalue weighted by molar-refractivity contribution is 7.00. The molecule has 0 amide bonds. The van der Waals surface area contributed by atoms with E-state index in [-0.39, 0.29) is 23.0 Å². The molecule has 3 aliphatic rings. The highest BCUT2D eigenvalue weighted by Crippen LogP contribution is 2.52. The lowest BCUT2D eigenvalue weighted by Gasteiger charge is -2.45. The molecule has 3 nitrogen and oxygen atoms in total. The van der Waals surface area contributed by atoms with Crippen molar-refractivity contribution in [3.8, 4) is 11.1 Å². The highest BCUT2D eigenvalue weighted by Gasteiger charge is 2.44. The quantitative estimate of drug-likeness (QED) is 0.160. The van der Waals surface area contributed by atoms with Gasteiger partial charge in [-0.25, -0.2) is 0 Å². The lowest BCUT2D eigenvalue weighted by atomic mass is 9.33. The molecule has 0 spiro atoms. The average molecular weight is 816 g/mol. The van der Waals surface area contributed by atoms with Crippen molar-refractivity contribution in [2.75, 3.05) is 14.7 Å². The molecule has 0 atom stereocenters. The normalized spacial score (nSPS) is 14.4. The zero-order valence-corrected chi connectivity index (χ0v) is 37.7. The first-order valence-corrected chi connectivity index (χ1v) is 22.6. The van der Waals surface area contributed by atoms with E-state index in [1.54, 1.807) is 0 Å². The molecule has 11 rings (SSSR count). The Morgan fingerprint density at radius 2 is 0.984 bits per heavy atom. The average Bonchev–Trinajstić information content (AvgIpc) is 3.51. The minimum atomic E-state index is -0.0855. The van der Waals surface area contributed by atoms with E-state index in [0.29, 0.717) is 0 Å². The van der Waals surface area contributed by atoms with Crippen LogP contribution in [0.2, 0.25) is 0 Å². The van der Waals surface area contributed by atoms with E-state index in [0.717, 1.165) is 22.7 Å². The largest absolute Gasteiger partial charge is 0.311 e. The second-order valence-corrected chi connectivity index (χ2v) is 20.3. The highest BCUT2D eigenvalue weighted by atomic mass is 15.2. The number of anilines is 9. The second kappa shape index (κ2) is 14.1. The van der Waals surface area contributed by atoms with Crippen LogP contribution in [0.15, 0.2) is 182 Å². The van der Waals surface area contributed by atoms with Crippen LogP contribution in [-0.4, -0.2) is 6.71 Å². The Labute approximate surface area is 374 Å². The third kappa shape index (κ3) is 6.17. The Morgan fingerprint density at radius 1 is 0.413 bits per heavy atom. The molecular weight excluding hydrogens is 761 g/mol. The summed E-state index contributed by atoms with van der Waals surface area (Å²) in [5.41, 5.74) is 22.5. The van der Waals surface area contributed by atoms with Crippen molar-refractivity contribution in [2.24, 2.45) is 0 Å². The molecule has 0 N–H and O–H groups in total. The van der Waals surface area contributed by atoms with Crippen LogP contribution in [0.4, 0.5) is 51.2 Å². The Balaban J connectivity index is 1.20. The fourth-order valence-corrected chi connectivity index (χ4v) is 10.6. The molecule has 2 aliphatic heterocycles. The fourth-order valence-electron chi connectivity index (χ4n) is 10.6. The van der Waals surface area contributed by atoms with Crippen LogP contribution in [0.25, 0.3) is 11.1 Å². The molecule has 308 valence electrons. The number of hydrogen-bond acceptors (Lipinski definition) is 3. The zero-order chi connectivity index (χ0) is 43.4. The number of nitrogens with zero attached hydrogens (tertiary/aromatic N) is 3. The summed E-state index contributed by atoms with van der Waals surface area (Å²) in [4.78, 5) is 7.48.